The first-order valence-electron chi connectivity index (χ1n) is 8.88. The van der Waals surface area contributed by atoms with Crippen LogP contribution in [0.4, 0.5) is 4.39 Å². The molecule has 7 nitrogen and oxygen atoms in total. The van der Waals surface area contributed by atoms with Gasteiger partial charge in [0.05, 0.1) is 16.9 Å². The lowest BCUT2D eigenvalue weighted by atomic mass is 9.96. The van der Waals surface area contributed by atoms with Crippen LogP contribution in [-0.2, 0) is 0 Å². The minimum atomic E-state index is -0.539. The number of benzene rings is 1. The predicted octanol–water partition coefficient (Wildman–Crippen LogP) is 3.65. The number of piperidine rings is 1. The van der Waals surface area contributed by atoms with Gasteiger partial charge in [0.25, 0.3) is 11.8 Å². The Morgan fingerprint density at radius 3 is 2.68 bits per heavy atom. The third-order valence-electron chi connectivity index (χ3n) is 4.74. The van der Waals surface area contributed by atoms with Crippen molar-refractivity contribution in [3.63, 3.8) is 0 Å². The van der Waals surface area contributed by atoms with Crippen LogP contribution in [-0.4, -0.2) is 44.1 Å². The van der Waals surface area contributed by atoms with Gasteiger partial charge in [-0.15, -0.1) is 10.2 Å². The van der Waals surface area contributed by atoms with E-state index in [0.717, 1.165) is 5.69 Å². The van der Waals surface area contributed by atoms with Crippen molar-refractivity contribution in [2.24, 2.45) is 0 Å². The summed E-state index contributed by atoms with van der Waals surface area (Å²) < 4.78 is 19.1. The number of rotatable bonds is 3. The largest absolute Gasteiger partial charge is 0.419 e. The highest BCUT2D eigenvalue weighted by atomic mass is 35.5. The molecule has 0 atom stereocenters. The summed E-state index contributed by atoms with van der Waals surface area (Å²) in [7, 11) is 0. The van der Waals surface area contributed by atoms with Crippen LogP contribution in [0.5, 0.6) is 0 Å². The standard InChI is InChI=1S/C19H17ClFN5O2/c1-11-9-23-16(10-22-11)18-25-24-17(28-18)12-4-6-26(7-5-12)19(27)13-2-3-15(21)14(20)8-13/h2-3,8-10,12H,4-7H2,1H3. The summed E-state index contributed by atoms with van der Waals surface area (Å²) in [5.41, 5.74) is 1.72. The molecule has 1 aromatic carbocycles. The van der Waals surface area contributed by atoms with Crippen LogP contribution in [0, 0.1) is 12.7 Å². The lowest BCUT2D eigenvalue weighted by molar-refractivity contribution is 0.0706. The molecule has 9 heteroatoms. The van der Waals surface area contributed by atoms with Crippen molar-refractivity contribution in [2.45, 2.75) is 25.7 Å². The monoisotopic (exact) mass is 401 g/mol. The van der Waals surface area contributed by atoms with Crippen molar-refractivity contribution in [1.82, 2.24) is 25.1 Å². The molecule has 0 radical (unpaired) electrons. The molecule has 144 valence electrons. The summed E-state index contributed by atoms with van der Waals surface area (Å²) in [6.07, 6.45) is 4.64. The molecule has 1 saturated heterocycles. The van der Waals surface area contributed by atoms with Crippen molar-refractivity contribution in [2.75, 3.05) is 13.1 Å². The highest BCUT2D eigenvalue weighted by Crippen LogP contribution is 2.29. The van der Waals surface area contributed by atoms with Crippen molar-refractivity contribution >= 4 is 17.5 Å². The average Bonchev–Trinajstić information content (AvgIpc) is 3.20. The number of aromatic nitrogens is 4. The summed E-state index contributed by atoms with van der Waals surface area (Å²) in [6.45, 7) is 2.94. The molecular weight excluding hydrogens is 385 g/mol. The number of hydrogen-bond donors (Lipinski definition) is 0. The van der Waals surface area contributed by atoms with Crippen LogP contribution >= 0.6 is 11.6 Å². The molecule has 0 unspecified atom stereocenters. The maximum atomic E-state index is 13.3. The third kappa shape index (κ3) is 3.73. The Bertz CT molecular complexity index is 1000. The van der Waals surface area contributed by atoms with Crippen molar-refractivity contribution in [3.05, 3.63) is 58.6 Å². The Balaban J connectivity index is 1.41. The fourth-order valence-electron chi connectivity index (χ4n) is 3.15. The minimum Gasteiger partial charge on any atom is -0.419 e. The van der Waals surface area contributed by atoms with Crippen molar-refractivity contribution in [1.29, 1.82) is 0 Å². The maximum Gasteiger partial charge on any atom is 0.267 e. The van der Waals surface area contributed by atoms with Gasteiger partial charge in [-0.2, -0.15) is 0 Å². The second-order valence-electron chi connectivity index (χ2n) is 6.68. The zero-order valence-corrected chi connectivity index (χ0v) is 15.9. The highest BCUT2D eigenvalue weighted by molar-refractivity contribution is 6.31. The lowest BCUT2D eigenvalue weighted by Gasteiger charge is -2.30. The summed E-state index contributed by atoms with van der Waals surface area (Å²) in [5, 5.41) is 8.14. The Morgan fingerprint density at radius 2 is 2.00 bits per heavy atom. The number of carbonyl (C=O) groups is 1. The first-order chi connectivity index (χ1) is 13.5. The number of nitrogens with zero attached hydrogens (tertiary/aromatic N) is 5. The van der Waals surface area contributed by atoms with E-state index in [0.29, 0.717) is 49.0 Å². The van der Waals surface area contributed by atoms with E-state index in [1.54, 1.807) is 17.3 Å². The summed E-state index contributed by atoms with van der Waals surface area (Å²) >= 11 is 5.78. The van der Waals surface area contributed by atoms with Gasteiger partial charge in [0, 0.05) is 30.8 Å². The predicted molar refractivity (Wildman–Crippen MR) is 99.3 cm³/mol. The first-order valence-corrected chi connectivity index (χ1v) is 9.26. The average molecular weight is 402 g/mol. The Morgan fingerprint density at radius 1 is 1.21 bits per heavy atom. The van der Waals surface area contributed by atoms with Gasteiger partial charge < -0.3 is 9.32 Å². The van der Waals surface area contributed by atoms with E-state index in [4.69, 9.17) is 16.0 Å². The Kier molecular flexibility index (Phi) is 5.04. The number of aryl methyl sites for hydroxylation is 1. The van der Waals surface area contributed by atoms with Gasteiger partial charge in [0.1, 0.15) is 11.5 Å². The van der Waals surface area contributed by atoms with Crippen LogP contribution in [0.3, 0.4) is 0 Å². The lowest BCUT2D eigenvalue weighted by Crippen LogP contribution is -2.38. The maximum absolute atomic E-state index is 13.3. The molecule has 28 heavy (non-hydrogen) atoms. The minimum absolute atomic E-state index is 0.0571. The molecule has 0 saturated carbocycles. The van der Waals surface area contributed by atoms with E-state index in [1.165, 1.54) is 18.2 Å². The zero-order valence-electron chi connectivity index (χ0n) is 15.1. The molecule has 2 aromatic heterocycles. The quantitative estimate of drug-likeness (QED) is 0.666. The van der Waals surface area contributed by atoms with Crippen LogP contribution in [0.15, 0.2) is 35.0 Å². The first kappa shape index (κ1) is 18.5. The number of likely N-dealkylation sites (tertiary alicyclic amines) is 1. The number of halogens is 2. The summed E-state index contributed by atoms with van der Waals surface area (Å²) in [4.78, 5) is 22.7. The van der Waals surface area contributed by atoms with Crippen LogP contribution in [0.1, 0.15) is 40.7 Å². The normalized spacial score (nSPS) is 15.0. The van der Waals surface area contributed by atoms with Crippen LogP contribution in [0.2, 0.25) is 5.02 Å². The second kappa shape index (κ2) is 7.63. The molecule has 1 aliphatic heterocycles. The molecule has 0 spiro atoms. The third-order valence-corrected chi connectivity index (χ3v) is 5.03. The molecule has 1 fully saturated rings. The van der Waals surface area contributed by atoms with Crippen molar-refractivity contribution in [3.8, 4) is 11.6 Å². The van der Waals surface area contributed by atoms with E-state index in [-0.39, 0.29) is 16.8 Å². The van der Waals surface area contributed by atoms with E-state index < -0.39 is 5.82 Å². The summed E-state index contributed by atoms with van der Waals surface area (Å²) in [5.74, 6) is 0.237. The fourth-order valence-corrected chi connectivity index (χ4v) is 3.33. The van der Waals surface area contributed by atoms with E-state index in [2.05, 4.69) is 20.2 Å². The number of carbonyl (C=O) groups excluding carboxylic acids is 1. The van der Waals surface area contributed by atoms with E-state index >= 15 is 0 Å². The SMILES string of the molecule is Cc1cnc(-c2nnc(C3CCN(C(=O)c4ccc(F)c(Cl)c4)CC3)o2)cn1. The van der Waals surface area contributed by atoms with Crippen LogP contribution < -0.4 is 0 Å². The molecule has 0 bridgehead atoms. The van der Waals surface area contributed by atoms with E-state index in [1.807, 2.05) is 6.92 Å². The summed E-state index contributed by atoms with van der Waals surface area (Å²) in [6, 6.07) is 4.01. The van der Waals surface area contributed by atoms with Gasteiger partial charge in [-0.05, 0) is 38.0 Å². The molecule has 0 N–H and O–H groups in total. The molecule has 4 rings (SSSR count). The molecular formula is C19H17ClFN5O2. The van der Waals surface area contributed by atoms with Gasteiger partial charge in [-0.3, -0.25) is 9.78 Å². The molecule has 1 aliphatic rings. The molecule has 3 aromatic rings. The van der Waals surface area contributed by atoms with Gasteiger partial charge in [-0.1, -0.05) is 11.6 Å². The number of hydrogen-bond acceptors (Lipinski definition) is 6. The van der Waals surface area contributed by atoms with Gasteiger partial charge >= 0.3 is 0 Å². The highest BCUT2D eigenvalue weighted by Gasteiger charge is 2.28. The van der Waals surface area contributed by atoms with Crippen LogP contribution in [0.25, 0.3) is 11.6 Å². The van der Waals surface area contributed by atoms with Gasteiger partial charge in [0.15, 0.2) is 0 Å². The van der Waals surface area contributed by atoms with Crippen molar-refractivity contribution < 1.29 is 13.6 Å². The molecule has 1 amide bonds. The Hall–Kier alpha value is -2.87. The number of amides is 1. The second-order valence-corrected chi connectivity index (χ2v) is 7.09. The van der Waals surface area contributed by atoms with Gasteiger partial charge in [0.2, 0.25) is 5.89 Å². The van der Waals surface area contributed by atoms with Gasteiger partial charge in [-0.25, -0.2) is 9.37 Å². The Labute approximate surface area is 165 Å². The van der Waals surface area contributed by atoms with E-state index in [9.17, 15) is 9.18 Å². The molecule has 3 heterocycles. The fraction of sp³-hybridized carbons (Fsp3) is 0.316. The zero-order chi connectivity index (χ0) is 19.7. The topological polar surface area (TPSA) is 85.0 Å². The molecule has 0 aliphatic carbocycles. The smallest absolute Gasteiger partial charge is 0.267 e.